The van der Waals surface area contributed by atoms with Gasteiger partial charge in [0.05, 0.1) is 30.7 Å². The highest BCUT2D eigenvalue weighted by Crippen LogP contribution is 2.54. The lowest BCUT2D eigenvalue weighted by atomic mass is 9.85. The first-order valence-electron chi connectivity index (χ1n) is 16.8. The van der Waals surface area contributed by atoms with Crippen molar-refractivity contribution in [2.24, 2.45) is 17.3 Å². The highest BCUT2D eigenvalue weighted by Gasteiger charge is 2.51. The molecule has 2 aliphatic heterocycles. The third-order valence-electron chi connectivity index (χ3n) is 10.7. The third kappa shape index (κ3) is 6.21. The Bertz CT molecular complexity index is 1440. The average Bonchev–Trinajstić information content (AvgIpc) is 3.53. The third-order valence-corrected chi connectivity index (χ3v) is 10.7. The van der Waals surface area contributed by atoms with E-state index in [1.807, 2.05) is 45.9 Å². The number of rotatable bonds is 3. The summed E-state index contributed by atoms with van der Waals surface area (Å²) in [7, 11) is 1.63. The number of amides is 2. The number of nitrogens with one attached hydrogen (secondary N) is 1. The summed E-state index contributed by atoms with van der Waals surface area (Å²) in [5.41, 5.74) is 1.63. The molecule has 1 saturated heterocycles. The van der Waals surface area contributed by atoms with Crippen LogP contribution in [-0.2, 0) is 19.7 Å². The maximum atomic E-state index is 14.3. The van der Waals surface area contributed by atoms with Crippen LogP contribution < -0.4 is 14.8 Å². The van der Waals surface area contributed by atoms with Crippen LogP contribution in [0.2, 0.25) is 0 Å². The molecule has 1 spiro atoms. The summed E-state index contributed by atoms with van der Waals surface area (Å²) in [6.45, 7) is 7.96. The lowest BCUT2D eigenvalue weighted by Crippen LogP contribution is -2.56. The topological polar surface area (TPSA) is 120 Å². The molecule has 3 heterocycles. The molecule has 6 rings (SSSR count). The number of methoxy groups -OCH3 is 1. The first kappa shape index (κ1) is 31.5. The van der Waals surface area contributed by atoms with Gasteiger partial charge in [-0.1, -0.05) is 40.5 Å². The van der Waals surface area contributed by atoms with Crippen LogP contribution in [0.3, 0.4) is 0 Å². The first-order valence-corrected chi connectivity index (χ1v) is 16.8. The molecular weight excluding hydrogens is 572 g/mol. The van der Waals surface area contributed by atoms with Crippen LogP contribution in [0, 0.1) is 17.3 Å². The summed E-state index contributed by atoms with van der Waals surface area (Å²) in [6.07, 6.45) is 9.31. The van der Waals surface area contributed by atoms with Gasteiger partial charge >= 0.3 is 6.09 Å². The van der Waals surface area contributed by atoms with Gasteiger partial charge in [0.15, 0.2) is 0 Å². The van der Waals surface area contributed by atoms with E-state index in [0.717, 1.165) is 75.3 Å². The van der Waals surface area contributed by atoms with Gasteiger partial charge < -0.3 is 29.2 Å². The van der Waals surface area contributed by atoms with Gasteiger partial charge in [-0.05, 0) is 74.8 Å². The van der Waals surface area contributed by atoms with Crippen molar-refractivity contribution in [3.05, 3.63) is 23.9 Å². The summed E-state index contributed by atoms with van der Waals surface area (Å²) in [6, 6.07) is 4.14. The SMILES string of the molecule is CC[C@@H]1[C@@H]2CN(C(=O)[C@H](C(C)(C)C)NC(=O)O[C@@H]3CCC[C@H]3CCCCC3(CC3)c3nc4ccc(OC)cc4nc3O2)[C@@H]1C=O. The Morgan fingerprint density at radius 1 is 1.02 bits per heavy atom. The van der Waals surface area contributed by atoms with Crippen LogP contribution in [0.4, 0.5) is 4.79 Å². The molecule has 2 amide bonds. The minimum absolute atomic E-state index is 0.107. The predicted molar refractivity (Wildman–Crippen MR) is 169 cm³/mol. The molecule has 10 heteroatoms. The second-order valence-corrected chi connectivity index (χ2v) is 14.7. The van der Waals surface area contributed by atoms with Crippen molar-refractivity contribution in [3.8, 4) is 11.6 Å². The number of ether oxygens (including phenoxy) is 3. The van der Waals surface area contributed by atoms with Gasteiger partial charge in [0, 0.05) is 17.4 Å². The molecule has 0 radical (unpaired) electrons. The summed E-state index contributed by atoms with van der Waals surface area (Å²) in [5.74, 6) is 0.936. The van der Waals surface area contributed by atoms with E-state index in [2.05, 4.69) is 5.32 Å². The number of carbonyl (C=O) groups is 3. The van der Waals surface area contributed by atoms with E-state index in [1.165, 1.54) is 0 Å². The van der Waals surface area contributed by atoms with Gasteiger partial charge in [-0.2, -0.15) is 0 Å². The van der Waals surface area contributed by atoms with Crippen molar-refractivity contribution in [1.82, 2.24) is 20.2 Å². The molecule has 1 N–H and O–H groups in total. The van der Waals surface area contributed by atoms with Gasteiger partial charge in [-0.25, -0.2) is 14.8 Å². The second-order valence-electron chi connectivity index (χ2n) is 14.7. The molecule has 1 aromatic carbocycles. The zero-order valence-electron chi connectivity index (χ0n) is 27.3. The zero-order valence-corrected chi connectivity index (χ0v) is 27.3. The molecule has 1 aromatic heterocycles. The fraction of sp³-hybridized carbons (Fsp3) is 0.686. The standard InChI is InChI=1S/C35H48N4O6/c1-6-23-26(20-40)39-19-28(23)44-31-29(36-24-14-13-22(43-5)18-25(24)37-31)35(16-17-35)15-8-7-10-21-11-9-12-27(21)45-33(42)38-30(32(39)41)34(2,3)4/h13-14,18,20-21,23,26-28,30H,6-12,15-17,19H2,1-5H3,(H,38,42)/t21-,23+,26-,27-,28+,30-/m1/s1. The molecule has 4 aliphatic rings. The minimum Gasteiger partial charge on any atom is -0.497 e. The summed E-state index contributed by atoms with van der Waals surface area (Å²) in [4.78, 5) is 51.9. The van der Waals surface area contributed by atoms with E-state index in [-0.39, 0.29) is 29.9 Å². The Kier molecular flexibility index (Phi) is 8.69. The van der Waals surface area contributed by atoms with Crippen molar-refractivity contribution in [1.29, 1.82) is 0 Å². The molecule has 2 aliphatic carbocycles. The van der Waals surface area contributed by atoms with Gasteiger partial charge in [0.1, 0.15) is 36.0 Å². The molecule has 2 aromatic rings. The van der Waals surface area contributed by atoms with Gasteiger partial charge in [0.25, 0.3) is 0 Å². The van der Waals surface area contributed by atoms with Crippen molar-refractivity contribution in [2.45, 2.75) is 122 Å². The molecule has 3 fully saturated rings. The fourth-order valence-electron chi connectivity index (χ4n) is 7.88. The zero-order chi connectivity index (χ0) is 31.9. The Hall–Kier alpha value is -3.43. The Balaban J connectivity index is 1.41. The Morgan fingerprint density at radius 2 is 1.80 bits per heavy atom. The number of aldehydes is 1. The van der Waals surface area contributed by atoms with E-state index in [9.17, 15) is 14.4 Å². The minimum atomic E-state index is -0.874. The maximum absolute atomic E-state index is 14.3. The summed E-state index contributed by atoms with van der Waals surface area (Å²) >= 11 is 0. The molecular formula is C35H48N4O6. The Labute approximate surface area is 266 Å². The number of fused-ring (bicyclic) bond motifs is 6. The van der Waals surface area contributed by atoms with Crippen molar-refractivity contribution < 1.29 is 28.6 Å². The highest BCUT2D eigenvalue weighted by atomic mass is 16.6. The number of aromatic nitrogens is 2. The number of nitrogens with zero attached hydrogens (tertiary/aromatic N) is 3. The van der Waals surface area contributed by atoms with E-state index in [1.54, 1.807) is 12.0 Å². The lowest BCUT2D eigenvalue weighted by molar-refractivity contribution is -0.139. The normalized spacial score (nSPS) is 30.4. The Morgan fingerprint density at radius 3 is 2.49 bits per heavy atom. The van der Waals surface area contributed by atoms with Crippen LogP contribution in [0.25, 0.3) is 11.0 Å². The van der Waals surface area contributed by atoms with Crippen molar-refractivity contribution in [2.75, 3.05) is 13.7 Å². The number of benzene rings is 1. The van der Waals surface area contributed by atoms with Crippen LogP contribution in [0.1, 0.15) is 97.6 Å². The molecule has 244 valence electrons. The average molecular weight is 621 g/mol. The molecule has 2 bridgehead atoms. The number of hydrogen-bond acceptors (Lipinski definition) is 8. The quantitative estimate of drug-likeness (QED) is 0.432. The van der Waals surface area contributed by atoms with E-state index >= 15 is 0 Å². The fourth-order valence-corrected chi connectivity index (χ4v) is 7.88. The number of alkyl carbamates (subject to hydrolysis) is 1. The summed E-state index contributed by atoms with van der Waals surface area (Å²) in [5, 5.41) is 2.91. The highest BCUT2D eigenvalue weighted by molar-refractivity contribution is 5.89. The monoisotopic (exact) mass is 620 g/mol. The van der Waals surface area contributed by atoms with Gasteiger partial charge in [-0.15, -0.1) is 0 Å². The number of carbonyl (C=O) groups excluding carboxylic acids is 3. The maximum Gasteiger partial charge on any atom is 0.408 e. The van der Waals surface area contributed by atoms with Crippen LogP contribution in [0.15, 0.2) is 18.2 Å². The van der Waals surface area contributed by atoms with E-state index in [4.69, 9.17) is 24.2 Å². The molecule has 6 atom stereocenters. The van der Waals surface area contributed by atoms with Gasteiger partial charge in [0.2, 0.25) is 11.8 Å². The largest absolute Gasteiger partial charge is 0.497 e. The molecule has 45 heavy (non-hydrogen) atoms. The molecule has 10 nitrogen and oxygen atoms in total. The van der Waals surface area contributed by atoms with E-state index < -0.39 is 29.7 Å². The van der Waals surface area contributed by atoms with Crippen LogP contribution in [0.5, 0.6) is 11.6 Å². The van der Waals surface area contributed by atoms with Crippen molar-refractivity contribution >= 4 is 29.3 Å². The predicted octanol–water partition coefficient (Wildman–Crippen LogP) is 5.74. The van der Waals surface area contributed by atoms with Gasteiger partial charge in [-0.3, -0.25) is 4.79 Å². The van der Waals surface area contributed by atoms with E-state index in [0.29, 0.717) is 29.5 Å². The van der Waals surface area contributed by atoms with Crippen LogP contribution >= 0.6 is 0 Å². The molecule has 0 unspecified atom stereocenters. The molecule has 2 saturated carbocycles. The number of hydrogen-bond donors (Lipinski definition) is 1. The van der Waals surface area contributed by atoms with Crippen LogP contribution in [-0.4, -0.2) is 71.1 Å². The lowest BCUT2D eigenvalue weighted by Gasteiger charge is -2.35. The van der Waals surface area contributed by atoms with Crippen molar-refractivity contribution in [3.63, 3.8) is 0 Å². The smallest absolute Gasteiger partial charge is 0.408 e. The summed E-state index contributed by atoms with van der Waals surface area (Å²) < 4.78 is 18.2. The first-order chi connectivity index (χ1) is 21.6. The second kappa shape index (κ2) is 12.4.